The van der Waals surface area contributed by atoms with Crippen molar-refractivity contribution in [1.82, 2.24) is 4.90 Å². The molecular formula is C29H26F3IN2O6. The van der Waals surface area contributed by atoms with Crippen molar-refractivity contribution in [3.8, 4) is 17.2 Å². The number of ether oxygens (including phenoxy) is 2. The molecule has 1 heterocycles. The maximum atomic E-state index is 13.4. The van der Waals surface area contributed by atoms with Crippen LogP contribution in [0.2, 0.25) is 0 Å². The van der Waals surface area contributed by atoms with Crippen LogP contribution in [0.1, 0.15) is 62.5 Å². The van der Waals surface area contributed by atoms with Gasteiger partial charge in [-0.15, -0.1) is 0 Å². The van der Waals surface area contributed by atoms with E-state index in [-0.39, 0.29) is 28.8 Å². The Morgan fingerprint density at radius 3 is 2.12 bits per heavy atom. The van der Waals surface area contributed by atoms with Gasteiger partial charge in [0, 0.05) is 53.9 Å². The van der Waals surface area contributed by atoms with Gasteiger partial charge < -0.3 is 14.4 Å². The summed E-state index contributed by atoms with van der Waals surface area (Å²) in [4.78, 5) is 39.6. The van der Waals surface area contributed by atoms with E-state index in [2.05, 4.69) is 4.90 Å². The minimum absolute atomic E-state index is 0.00527. The quantitative estimate of drug-likeness (QED) is 0.177. The lowest BCUT2D eigenvalue weighted by Crippen LogP contribution is -2.39. The number of nitrogens with zero attached hydrogens (tertiary/aromatic N) is 2. The molecule has 41 heavy (non-hydrogen) atoms. The fraction of sp³-hybridized carbons (Fsp3) is 0.379. The molecule has 2 aliphatic carbocycles. The largest absolute Gasteiger partial charge is 0.493 e. The van der Waals surface area contributed by atoms with E-state index in [9.17, 15) is 32.9 Å². The highest BCUT2D eigenvalue weighted by molar-refractivity contribution is 14.1. The molecule has 0 bridgehead atoms. The summed E-state index contributed by atoms with van der Waals surface area (Å²) >= 11 is 1.96. The van der Waals surface area contributed by atoms with Gasteiger partial charge in [-0.05, 0) is 85.0 Å². The van der Waals surface area contributed by atoms with Crippen LogP contribution in [0.3, 0.4) is 0 Å². The van der Waals surface area contributed by atoms with E-state index in [1.54, 1.807) is 12.1 Å². The van der Waals surface area contributed by atoms with Gasteiger partial charge in [0.05, 0.1) is 21.2 Å². The summed E-state index contributed by atoms with van der Waals surface area (Å²) in [7, 11) is 1.37. The molecule has 216 valence electrons. The van der Waals surface area contributed by atoms with Crippen molar-refractivity contribution in [3.05, 3.63) is 77.7 Å². The molecule has 0 aromatic heterocycles. The van der Waals surface area contributed by atoms with E-state index < -0.39 is 28.3 Å². The molecule has 3 aliphatic rings. The predicted molar refractivity (Wildman–Crippen MR) is 151 cm³/mol. The molecule has 0 amide bonds. The lowest BCUT2D eigenvalue weighted by molar-refractivity contribution is -0.385. The first kappa shape index (κ1) is 29.1. The number of hydrogen-bond donors (Lipinski definition) is 0. The maximum absolute atomic E-state index is 13.4. The van der Waals surface area contributed by atoms with Gasteiger partial charge >= 0.3 is 11.9 Å². The zero-order valence-electron chi connectivity index (χ0n) is 22.3. The summed E-state index contributed by atoms with van der Waals surface area (Å²) in [6.45, 7) is 2.65. The van der Waals surface area contributed by atoms with Crippen LogP contribution in [0, 0.1) is 13.7 Å². The molecular weight excluding hydrogens is 656 g/mol. The Morgan fingerprint density at radius 1 is 1.00 bits per heavy atom. The molecule has 2 aromatic carbocycles. The number of halogens is 4. The molecule has 0 saturated heterocycles. The second-order valence-electron chi connectivity index (χ2n) is 10.0. The SMILES string of the molecule is CCN1C2=C(C(=O)CCC2)C(c2cc(I)c(Oc3ccc(C(F)(F)F)cc3[N+](=O)[O-])c(OC)c2)C2=C1CCCC2=O. The number of rotatable bonds is 6. The minimum Gasteiger partial charge on any atom is -0.493 e. The molecule has 0 unspecified atom stereocenters. The van der Waals surface area contributed by atoms with Crippen LogP contribution in [-0.2, 0) is 15.8 Å². The van der Waals surface area contributed by atoms with Gasteiger partial charge in [-0.1, -0.05) is 0 Å². The van der Waals surface area contributed by atoms with Crippen molar-refractivity contribution in [2.45, 2.75) is 57.5 Å². The zero-order chi connectivity index (χ0) is 29.6. The first-order valence-electron chi connectivity index (χ1n) is 13.2. The van der Waals surface area contributed by atoms with Gasteiger partial charge in [-0.2, -0.15) is 13.2 Å². The Labute approximate surface area is 247 Å². The van der Waals surface area contributed by atoms with Crippen molar-refractivity contribution in [3.63, 3.8) is 0 Å². The first-order chi connectivity index (χ1) is 19.5. The number of alkyl halides is 3. The number of Topliss-reactive ketones (excluding diaryl/α,β-unsaturated/α-hetero) is 2. The monoisotopic (exact) mass is 682 g/mol. The number of ketones is 2. The van der Waals surface area contributed by atoms with Crippen LogP contribution in [-0.4, -0.2) is 35.0 Å². The van der Waals surface area contributed by atoms with Crippen LogP contribution in [0.4, 0.5) is 18.9 Å². The van der Waals surface area contributed by atoms with Crippen LogP contribution < -0.4 is 9.47 Å². The number of carbonyl (C=O) groups excluding carboxylic acids is 2. The number of allylic oxidation sites excluding steroid dienone is 4. The van der Waals surface area contributed by atoms with Crippen LogP contribution in [0.15, 0.2) is 52.9 Å². The molecule has 8 nitrogen and oxygen atoms in total. The van der Waals surface area contributed by atoms with Crippen LogP contribution in [0.25, 0.3) is 0 Å². The molecule has 0 atom stereocenters. The normalized spacial score (nSPS) is 18.0. The highest BCUT2D eigenvalue weighted by Gasteiger charge is 2.43. The molecule has 5 rings (SSSR count). The number of benzene rings is 2. The van der Waals surface area contributed by atoms with Gasteiger partial charge in [-0.3, -0.25) is 19.7 Å². The number of nitro groups is 1. The Balaban J connectivity index is 1.64. The summed E-state index contributed by atoms with van der Waals surface area (Å²) in [5, 5.41) is 11.6. The van der Waals surface area contributed by atoms with Crippen LogP contribution in [0.5, 0.6) is 17.2 Å². The topological polar surface area (TPSA) is 99.0 Å². The Bertz CT molecular complexity index is 1490. The fourth-order valence-corrected chi connectivity index (χ4v) is 6.71. The van der Waals surface area contributed by atoms with Gasteiger partial charge in [0.1, 0.15) is 0 Å². The third kappa shape index (κ3) is 5.22. The van der Waals surface area contributed by atoms with E-state index in [1.165, 1.54) is 7.11 Å². The third-order valence-corrected chi connectivity index (χ3v) is 8.48. The number of hydrogen-bond acceptors (Lipinski definition) is 7. The summed E-state index contributed by atoms with van der Waals surface area (Å²) in [5.41, 5.74) is 1.72. The molecule has 0 spiro atoms. The van der Waals surface area contributed by atoms with E-state index in [0.717, 1.165) is 43.1 Å². The molecule has 0 radical (unpaired) electrons. The van der Waals surface area contributed by atoms with Crippen molar-refractivity contribution in [1.29, 1.82) is 0 Å². The number of carbonyl (C=O) groups is 2. The second kappa shape index (κ2) is 11.1. The molecule has 2 aromatic rings. The van der Waals surface area contributed by atoms with Crippen molar-refractivity contribution in [2.75, 3.05) is 13.7 Å². The van der Waals surface area contributed by atoms with E-state index >= 15 is 0 Å². The molecule has 0 saturated carbocycles. The zero-order valence-corrected chi connectivity index (χ0v) is 24.4. The predicted octanol–water partition coefficient (Wildman–Crippen LogP) is 7.45. The lowest BCUT2D eigenvalue weighted by Gasteiger charge is -2.43. The van der Waals surface area contributed by atoms with Crippen LogP contribution >= 0.6 is 22.6 Å². The molecule has 0 N–H and O–H groups in total. The number of methoxy groups -OCH3 is 1. The van der Waals surface area contributed by atoms with E-state index in [0.29, 0.717) is 51.8 Å². The lowest BCUT2D eigenvalue weighted by atomic mass is 9.71. The first-order valence-corrected chi connectivity index (χ1v) is 14.2. The van der Waals surface area contributed by atoms with Gasteiger partial charge in [-0.25, -0.2) is 0 Å². The second-order valence-corrected chi connectivity index (χ2v) is 11.2. The maximum Gasteiger partial charge on any atom is 0.416 e. The average Bonchev–Trinajstić information content (AvgIpc) is 2.92. The summed E-state index contributed by atoms with van der Waals surface area (Å²) in [6, 6.07) is 5.41. The highest BCUT2D eigenvalue weighted by Crippen LogP contribution is 2.51. The van der Waals surface area contributed by atoms with Gasteiger partial charge in [0.25, 0.3) is 0 Å². The molecule has 1 aliphatic heterocycles. The smallest absolute Gasteiger partial charge is 0.416 e. The number of nitro benzene ring substituents is 1. The Hall–Kier alpha value is -3.42. The molecule has 12 heteroatoms. The summed E-state index contributed by atoms with van der Waals surface area (Å²) in [5.74, 6) is -0.763. The minimum atomic E-state index is -4.77. The van der Waals surface area contributed by atoms with E-state index in [1.807, 2.05) is 29.5 Å². The van der Waals surface area contributed by atoms with Crippen molar-refractivity contribution in [2.24, 2.45) is 0 Å². The standard InChI is InChI=1S/C29H26F3IN2O6/c1-3-34-18-6-4-8-21(36)26(18)25(27-19(34)7-5-9-22(27)37)15-12-17(33)28(24(13-15)40-2)41-23-11-10-16(29(30,31)32)14-20(23)35(38)39/h10-14,25H,3-9H2,1-2H3. The Morgan fingerprint density at radius 2 is 1.61 bits per heavy atom. The summed E-state index contributed by atoms with van der Waals surface area (Å²) < 4.78 is 51.4. The summed E-state index contributed by atoms with van der Waals surface area (Å²) in [6.07, 6.45) is -1.08. The highest BCUT2D eigenvalue weighted by atomic mass is 127. The average molecular weight is 682 g/mol. The van der Waals surface area contributed by atoms with Gasteiger partial charge in [0.2, 0.25) is 5.75 Å². The van der Waals surface area contributed by atoms with E-state index in [4.69, 9.17) is 9.47 Å². The fourth-order valence-electron chi connectivity index (χ4n) is 5.97. The van der Waals surface area contributed by atoms with Gasteiger partial charge in [0.15, 0.2) is 23.1 Å². The molecule has 0 fully saturated rings. The third-order valence-electron chi connectivity index (χ3n) is 7.68. The Kier molecular flexibility index (Phi) is 7.88. The van der Waals surface area contributed by atoms with Crippen molar-refractivity contribution < 1.29 is 37.2 Å². The van der Waals surface area contributed by atoms with Crippen molar-refractivity contribution >= 4 is 39.8 Å².